The number of halogens is 1. The summed E-state index contributed by atoms with van der Waals surface area (Å²) < 4.78 is 5.40. The molecule has 7 nitrogen and oxygen atoms in total. The molecule has 5 rings (SSSR count). The number of hydrogen-bond donors (Lipinski definition) is 2. The van der Waals surface area contributed by atoms with Crippen LogP contribution in [0.4, 0.5) is 16.2 Å². The first-order chi connectivity index (χ1) is 21.2. The number of rotatable bonds is 5. The molecule has 0 atom stereocenters. The van der Waals surface area contributed by atoms with E-state index in [1.54, 1.807) is 4.90 Å². The molecular formula is C37H51ClN4O3. The lowest BCUT2D eigenvalue weighted by Crippen LogP contribution is -2.46. The van der Waals surface area contributed by atoms with Gasteiger partial charge >= 0.3 is 6.09 Å². The number of amides is 1. The van der Waals surface area contributed by atoms with Crippen molar-refractivity contribution in [1.29, 1.82) is 0 Å². The van der Waals surface area contributed by atoms with Crippen molar-refractivity contribution in [3.63, 3.8) is 0 Å². The highest BCUT2D eigenvalue weighted by molar-refractivity contribution is 6.30. The van der Waals surface area contributed by atoms with Gasteiger partial charge in [-0.15, -0.1) is 0 Å². The number of hydrogen-bond acceptors (Lipinski definition) is 6. The Morgan fingerprint density at radius 3 is 1.82 bits per heavy atom. The molecule has 0 saturated carbocycles. The number of likely N-dealkylation sites (tertiary alicyclic amines) is 1. The number of anilines is 2. The van der Waals surface area contributed by atoms with Gasteiger partial charge in [-0.05, 0) is 113 Å². The summed E-state index contributed by atoms with van der Waals surface area (Å²) in [4.78, 5) is 18.0. The van der Waals surface area contributed by atoms with E-state index in [4.69, 9.17) is 16.3 Å². The standard InChI is InChI=1S/C19H23ClN2.C18H28N2O3/c1-22(2)18-5-3-4-16(14-18)19(10-12-21-13-11-19)15-6-8-17(20)9-7-15;1-17(2,3)23-16(21)20-11-9-18(22,10-12-20)14-7-6-8-15(13-14)19(4)5/h3-9,14,21H,10-13H2,1-2H3;6-8,13,22H,9-12H2,1-5H3. The molecule has 2 aliphatic heterocycles. The van der Waals surface area contributed by atoms with E-state index in [0.29, 0.717) is 25.9 Å². The van der Waals surface area contributed by atoms with E-state index in [-0.39, 0.29) is 11.5 Å². The second kappa shape index (κ2) is 14.4. The van der Waals surface area contributed by atoms with Gasteiger partial charge in [-0.1, -0.05) is 48.0 Å². The van der Waals surface area contributed by atoms with Crippen LogP contribution in [-0.2, 0) is 15.8 Å². The van der Waals surface area contributed by atoms with Crippen LogP contribution < -0.4 is 15.1 Å². The summed E-state index contributed by atoms with van der Waals surface area (Å²) in [6, 6.07) is 25.3. The summed E-state index contributed by atoms with van der Waals surface area (Å²) in [7, 11) is 8.15. The molecule has 45 heavy (non-hydrogen) atoms. The number of nitrogens with one attached hydrogen (secondary N) is 1. The highest BCUT2D eigenvalue weighted by Gasteiger charge is 2.37. The molecule has 2 N–H and O–H groups in total. The maximum Gasteiger partial charge on any atom is 0.410 e. The molecule has 1 amide bonds. The van der Waals surface area contributed by atoms with Crippen LogP contribution in [0.2, 0.25) is 5.02 Å². The topological polar surface area (TPSA) is 68.3 Å². The van der Waals surface area contributed by atoms with Gasteiger partial charge in [0.15, 0.2) is 0 Å². The van der Waals surface area contributed by atoms with Crippen molar-refractivity contribution in [3.05, 3.63) is 94.5 Å². The van der Waals surface area contributed by atoms with E-state index in [0.717, 1.165) is 42.2 Å². The van der Waals surface area contributed by atoms with Crippen LogP contribution in [0, 0.1) is 0 Å². The third-order valence-corrected chi connectivity index (χ3v) is 9.16. The largest absolute Gasteiger partial charge is 0.444 e. The molecule has 244 valence electrons. The van der Waals surface area contributed by atoms with Gasteiger partial charge in [-0.3, -0.25) is 0 Å². The number of carbonyl (C=O) groups is 1. The molecule has 0 aromatic heterocycles. The maximum absolute atomic E-state index is 12.1. The fraction of sp³-hybridized carbons (Fsp3) is 0.486. The van der Waals surface area contributed by atoms with E-state index < -0.39 is 11.2 Å². The van der Waals surface area contributed by atoms with Crippen LogP contribution in [0.3, 0.4) is 0 Å². The zero-order valence-corrected chi connectivity index (χ0v) is 28.8. The van der Waals surface area contributed by atoms with Crippen molar-refractivity contribution in [2.45, 2.75) is 63.1 Å². The Balaban J connectivity index is 0.000000205. The van der Waals surface area contributed by atoms with E-state index >= 15 is 0 Å². The molecule has 3 aromatic rings. The lowest BCUT2D eigenvalue weighted by molar-refractivity contribution is -0.0356. The first-order valence-corrected chi connectivity index (χ1v) is 16.3. The summed E-state index contributed by atoms with van der Waals surface area (Å²) in [6.07, 6.45) is 2.96. The van der Waals surface area contributed by atoms with Crippen LogP contribution in [-0.4, -0.2) is 76.1 Å². The summed E-state index contributed by atoms with van der Waals surface area (Å²) in [5.74, 6) is 0. The maximum atomic E-state index is 12.1. The summed E-state index contributed by atoms with van der Waals surface area (Å²) in [5, 5.41) is 15.3. The Labute approximate surface area is 275 Å². The highest BCUT2D eigenvalue weighted by atomic mass is 35.5. The second-order valence-corrected chi connectivity index (χ2v) is 14.2. The average Bonchev–Trinajstić information content (AvgIpc) is 3.01. The molecule has 0 spiro atoms. The SMILES string of the molecule is CN(C)c1cccc(C2(O)CCN(C(=O)OC(C)(C)C)CC2)c1.CN(C)c1cccc(C2(c3ccc(Cl)cc3)CCNCC2)c1. The third-order valence-electron chi connectivity index (χ3n) is 8.91. The summed E-state index contributed by atoms with van der Waals surface area (Å²) in [5.41, 5.74) is 4.70. The molecule has 0 bridgehead atoms. The van der Waals surface area contributed by atoms with Crippen LogP contribution in [0.25, 0.3) is 0 Å². The van der Waals surface area contributed by atoms with Gasteiger partial charge in [0.25, 0.3) is 0 Å². The molecular weight excluding hydrogens is 584 g/mol. The molecule has 0 radical (unpaired) electrons. The zero-order valence-electron chi connectivity index (χ0n) is 28.1. The minimum atomic E-state index is -0.884. The monoisotopic (exact) mass is 634 g/mol. The van der Waals surface area contributed by atoms with Crippen molar-refractivity contribution in [3.8, 4) is 0 Å². The zero-order chi connectivity index (χ0) is 32.8. The summed E-state index contributed by atoms with van der Waals surface area (Å²) >= 11 is 6.09. The smallest absolute Gasteiger partial charge is 0.410 e. The normalized spacial score (nSPS) is 17.5. The van der Waals surface area contributed by atoms with E-state index in [9.17, 15) is 9.90 Å². The van der Waals surface area contributed by atoms with Crippen LogP contribution >= 0.6 is 11.6 Å². The molecule has 2 fully saturated rings. The van der Waals surface area contributed by atoms with Gasteiger partial charge in [-0.2, -0.15) is 0 Å². The lowest BCUT2D eigenvalue weighted by atomic mass is 9.68. The first kappa shape index (κ1) is 34.6. The van der Waals surface area contributed by atoms with Crippen LogP contribution in [0.5, 0.6) is 0 Å². The minimum Gasteiger partial charge on any atom is -0.444 e. The predicted molar refractivity (Wildman–Crippen MR) is 187 cm³/mol. The number of benzene rings is 3. The Morgan fingerprint density at radius 1 is 0.800 bits per heavy atom. The number of aliphatic hydroxyl groups is 1. The Bertz CT molecular complexity index is 1400. The Morgan fingerprint density at radius 2 is 1.31 bits per heavy atom. The fourth-order valence-corrected chi connectivity index (χ4v) is 6.32. The third kappa shape index (κ3) is 8.72. The van der Waals surface area contributed by atoms with Crippen molar-refractivity contribution in [2.75, 3.05) is 64.2 Å². The van der Waals surface area contributed by atoms with Gasteiger partial charge in [-0.25, -0.2) is 4.79 Å². The molecule has 8 heteroatoms. The second-order valence-electron chi connectivity index (χ2n) is 13.7. The van der Waals surface area contributed by atoms with Gasteiger partial charge < -0.3 is 29.9 Å². The first-order valence-electron chi connectivity index (χ1n) is 16.0. The molecule has 0 aliphatic carbocycles. The number of piperidine rings is 2. The van der Waals surface area contributed by atoms with Crippen LogP contribution in [0.1, 0.15) is 63.1 Å². The number of carbonyl (C=O) groups excluding carboxylic acids is 1. The van der Waals surface area contributed by atoms with Crippen molar-refractivity contribution in [2.24, 2.45) is 0 Å². The average molecular weight is 635 g/mol. The van der Waals surface area contributed by atoms with Gasteiger partial charge in [0.2, 0.25) is 0 Å². The quantitative estimate of drug-likeness (QED) is 0.314. The van der Waals surface area contributed by atoms with Gasteiger partial charge in [0.1, 0.15) is 5.60 Å². The van der Waals surface area contributed by atoms with Crippen molar-refractivity contribution < 1.29 is 14.6 Å². The van der Waals surface area contributed by atoms with E-state index in [1.165, 1.54) is 16.8 Å². The van der Waals surface area contributed by atoms with Gasteiger partial charge in [0.05, 0.1) is 5.60 Å². The minimum absolute atomic E-state index is 0.0852. The van der Waals surface area contributed by atoms with Gasteiger partial charge in [0, 0.05) is 63.1 Å². The Hall–Kier alpha value is -3.26. The molecule has 0 unspecified atom stereocenters. The highest BCUT2D eigenvalue weighted by Crippen LogP contribution is 2.41. The molecule has 2 saturated heterocycles. The molecule has 2 heterocycles. The van der Waals surface area contributed by atoms with E-state index in [1.807, 2.05) is 76.2 Å². The van der Waals surface area contributed by atoms with Crippen molar-refractivity contribution in [1.82, 2.24) is 10.2 Å². The fourth-order valence-electron chi connectivity index (χ4n) is 6.20. The van der Waals surface area contributed by atoms with E-state index in [2.05, 4.69) is 60.7 Å². The lowest BCUT2D eigenvalue weighted by Gasteiger charge is -2.39. The number of nitrogens with zero attached hydrogens (tertiary/aromatic N) is 3. The predicted octanol–water partition coefficient (Wildman–Crippen LogP) is 7.05. The molecule has 2 aliphatic rings. The summed E-state index contributed by atoms with van der Waals surface area (Å²) in [6.45, 7) is 8.67. The van der Waals surface area contributed by atoms with Crippen LogP contribution in [0.15, 0.2) is 72.8 Å². The Kier molecular flexibility index (Phi) is 11.1. The number of ether oxygens (including phenoxy) is 1. The molecule has 3 aromatic carbocycles. The van der Waals surface area contributed by atoms with Crippen molar-refractivity contribution >= 4 is 29.1 Å².